The predicted molar refractivity (Wildman–Crippen MR) is 82.5 cm³/mol. The lowest BCUT2D eigenvalue weighted by Crippen LogP contribution is -2.14. The highest BCUT2D eigenvalue weighted by molar-refractivity contribution is 6.05. The van der Waals surface area contributed by atoms with E-state index in [1.165, 1.54) is 6.07 Å². The zero-order valence-corrected chi connectivity index (χ0v) is 12.1. The number of carbonyl (C=O) groups is 1. The molecule has 1 aromatic carbocycles. The predicted octanol–water partition coefficient (Wildman–Crippen LogP) is 2.70. The zero-order valence-electron chi connectivity index (χ0n) is 12.1. The van der Waals surface area contributed by atoms with Gasteiger partial charge in [-0.05, 0) is 44.2 Å². The molecule has 6 heteroatoms. The molecule has 0 bridgehead atoms. The lowest BCUT2D eigenvalue weighted by atomic mass is 10.1. The molecule has 22 heavy (non-hydrogen) atoms. The standard InChI is InChI=1S/C16H13N5O/c1-9-14(6-4-12(8-17)18-9)16(22)19-11-3-5-13-10(2)20-21-15(13)7-11/h3-7H,1-2H3,(H,19,22)(H,20,21). The van der Waals surface area contributed by atoms with E-state index >= 15 is 0 Å². The molecule has 3 aromatic rings. The fraction of sp³-hybridized carbons (Fsp3) is 0.125. The van der Waals surface area contributed by atoms with Crippen LogP contribution in [0.5, 0.6) is 0 Å². The number of hydrogen-bond acceptors (Lipinski definition) is 4. The average molecular weight is 291 g/mol. The van der Waals surface area contributed by atoms with E-state index in [0.717, 1.165) is 16.6 Å². The maximum Gasteiger partial charge on any atom is 0.257 e. The number of pyridine rings is 1. The molecule has 0 saturated heterocycles. The van der Waals surface area contributed by atoms with Gasteiger partial charge in [0.25, 0.3) is 5.91 Å². The molecule has 0 spiro atoms. The third-order valence-corrected chi connectivity index (χ3v) is 3.45. The van der Waals surface area contributed by atoms with Gasteiger partial charge in [-0.2, -0.15) is 10.4 Å². The van der Waals surface area contributed by atoms with Crippen molar-refractivity contribution in [3.05, 3.63) is 53.0 Å². The molecule has 2 aromatic heterocycles. The van der Waals surface area contributed by atoms with Crippen LogP contribution < -0.4 is 5.32 Å². The number of anilines is 1. The van der Waals surface area contributed by atoms with E-state index in [1.807, 2.05) is 31.2 Å². The summed E-state index contributed by atoms with van der Waals surface area (Å²) < 4.78 is 0. The summed E-state index contributed by atoms with van der Waals surface area (Å²) >= 11 is 0. The van der Waals surface area contributed by atoms with Crippen molar-refractivity contribution in [2.45, 2.75) is 13.8 Å². The highest BCUT2D eigenvalue weighted by Crippen LogP contribution is 2.20. The molecule has 0 radical (unpaired) electrons. The third-order valence-electron chi connectivity index (χ3n) is 3.45. The van der Waals surface area contributed by atoms with Gasteiger partial charge in [-0.3, -0.25) is 9.89 Å². The highest BCUT2D eigenvalue weighted by Gasteiger charge is 2.12. The smallest absolute Gasteiger partial charge is 0.257 e. The van der Waals surface area contributed by atoms with Crippen LogP contribution in [0.2, 0.25) is 0 Å². The minimum absolute atomic E-state index is 0.263. The Bertz CT molecular complexity index is 920. The maximum atomic E-state index is 12.3. The summed E-state index contributed by atoms with van der Waals surface area (Å²) in [5.41, 5.74) is 3.70. The second kappa shape index (κ2) is 5.30. The van der Waals surface area contributed by atoms with Crippen molar-refractivity contribution >= 4 is 22.5 Å². The molecular weight excluding hydrogens is 278 g/mol. The van der Waals surface area contributed by atoms with Crippen LogP contribution in [-0.2, 0) is 0 Å². The van der Waals surface area contributed by atoms with Crippen molar-refractivity contribution in [3.63, 3.8) is 0 Å². The third kappa shape index (κ3) is 2.40. The highest BCUT2D eigenvalue weighted by atomic mass is 16.1. The Morgan fingerprint density at radius 2 is 2.09 bits per heavy atom. The van der Waals surface area contributed by atoms with Crippen LogP contribution in [0, 0.1) is 25.2 Å². The molecule has 1 amide bonds. The van der Waals surface area contributed by atoms with E-state index in [-0.39, 0.29) is 5.91 Å². The summed E-state index contributed by atoms with van der Waals surface area (Å²) in [5.74, 6) is -0.263. The summed E-state index contributed by atoms with van der Waals surface area (Å²) in [6, 6.07) is 10.6. The quantitative estimate of drug-likeness (QED) is 0.759. The number of carbonyl (C=O) groups excluding carboxylic acids is 1. The number of nitriles is 1. The molecule has 0 aliphatic heterocycles. The minimum atomic E-state index is -0.263. The largest absolute Gasteiger partial charge is 0.322 e. The van der Waals surface area contributed by atoms with Crippen molar-refractivity contribution in [1.82, 2.24) is 15.2 Å². The Balaban J connectivity index is 1.88. The average Bonchev–Trinajstić information content (AvgIpc) is 2.87. The molecule has 108 valence electrons. The van der Waals surface area contributed by atoms with Crippen molar-refractivity contribution in [2.24, 2.45) is 0 Å². The fourth-order valence-electron chi connectivity index (χ4n) is 2.29. The second-order valence-electron chi connectivity index (χ2n) is 4.98. The van der Waals surface area contributed by atoms with Crippen molar-refractivity contribution < 1.29 is 4.79 Å². The minimum Gasteiger partial charge on any atom is -0.322 e. The SMILES string of the molecule is Cc1nc(C#N)ccc1C(=O)Nc1ccc2c(C)[nH]nc2c1. The first kappa shape index (κ1) is 13.8. The summed E-state index contributed by atoms with van der Waals surface area (Å²) in [4.78, 5) is 16.4. The summed E-state index contributed by atoms with van der Waals surface area (Å²) in [5, 5.41) is 19.7. The van der Waals surface area contributed by atoms with E-state index in [1.54, 1.807) is 13.0 Å². The van der Waals surface area contributed by atoms with Crippen LogP contribution in [0.4, 0.5) is 5.69 Å². The van der Waals surface area contributed by atoms with Crippen LogP contribution in [0.25, 0.3) is 10.9 Å². The number of aromatic nitrogens is 3. The van der Waals surface area contributed by atoms with E-state index < -0.39 is 0 Å². The van der Waals surface area contributed by atoms with Crippen LogP contribution >= 0.6 is 0 Å². The number of amides is 1. The van der Waals surface area contributed by atoms with Crippen LogP contribution in [0.1, 0.15) is 27.4 Å². The van der Waals surface area contributed by atoms with Gasteiger partial charge in [-0.25, -0.2) is 4.98 Å². The van der Waals surface area contributed by atoms with Gasteiger partial charge in [-0.1, -0.05) is 0 Å². The maximum absolute atomic E-state index is 12.3. The first-order valence-electron chi connectivity index (χ1n) is 6.72. The number of hydrogen-bond donors (Lipinski definition) is 2. The van der Waals surface area contributed by atoms with Gasteiger partial charge >= 0.3 is 0 Å². The number of H-pyrrole nitrogens is 1. The van der Waals surface area contributed by atoms with Crippen LogP contribution in [0.15, 0.2) is 30.3 Å². The molecule has 2 N–H and O–H groups in total. The van der Waals surface area contributed by atoms with Gasteiger partial charge in [0, 0.05) is 16.8 Å². The summed E-state index contributed by atoms with van der Waals surface area (Å²) in [6.45, 7) is 3.65. The molecule has 0 saturated carbocycles. The number of aryl methyl sites for hydroxylation is 2. The topological polar surface area (TPSA) is 94.5 Å². The zero-order chi connectivity index (χ0) is 15.7. The summed E-state index contributed by atoms with van der Waals surface area (Å²) in [6.07, 6.45) is 0. The first-order valence-corrected chi connectivity index (χ1v) is 6.72. The van der Waals surface area contributed by atoms with Gasteiger partial charge in [0.05, 0.1) is 16.8 Å². The Morgan fingerprint density at radius 3 is 2.82 bits per heavy atom. The van der Waals surface area contributed by atoms with Gasteiger partial charge < -0.3 is 5.32 Å². The first-order chi connectivity index (χ1) is 10.6. The molecule has 0 atom stereocenters. The van der Waals surface area contributed by atoms with Crippen molar-refractivity contribution in [1.29, 1.82) is 5.26 Å². The number of aromatic amines is 1. The van der Waals surface area contributed by atoms with E-state index in [2.05, 4.69) is 20.5 Å². The van der Waals surface area contributed by atoms with E-state index in [9.17, 15) is 4.79 Å². The van der Waals surface area contributed by atoms with Gasteiger partial charge in [0.1, 0.15) is 11.8 Å². The number of nitrogens with one attached hydrogen (secondary N) is 2. The Labute approximate surface area is 126 Å². The Kier molecular flexibility index (Phi) is 3.31. The number of nitrogens with zero attached hydrogens (tertiary/aromatic N) is 3. The summed E-state index contributed by atoms with van der Waals surface area (Å²) in [7, 11) is 0. The molecule has 2 heterocycles. The van der Waals surface area contributed by atoms with Gasteiger partial charge in [0.15, 0.2) is 0 Å². The molecular formula is C16H13N5O. The Morgan fingerprint density at radius 1 is 1.27 bits per heavy atom. The lowest BCUT2D eigenvalue weighted by Gasteiger charge is -2.07. The number of benzene rings is 1. The molecule has 0 aliphatic carbocycles. The molecule has 6 nitrogen and oxygen atoms in total. The number of fused-ring (bicyclic) bond motifs is 1. The van der Waals surface area contributed by atoms with E-state index in [4.69, 9.17) is 5.26 Å². The fourth-order valence-corrected chi connectivity index (χ4v) is 2.29. The molecule has 0 unspecified atom stereocenters. The van der Waals surface area contributed by atoms with Crippen LogP contribution in [0.3, 0.4) is 0 Å². The normalized spacial score (nSPS) is 10.4. The number of rotatable bonds is 2. The van der Waals surface area contributed by atoms with Gasteiger partial charge in [-0.15, -0.1) is 0 Å². The Hall–Kier alpha value is -3.20. The lowest BCUT2D eigenvalue weighted by molar-refractivity contribution is 0.102. The van der Waals surface area contributed by atoms with Crippen molar-refractivity contribution in [3.8, 4) is 6.07 Å². The molecule has 0 fully saturated rings. The monoisotopic (exact) mass is 291 g/mol. The second-order valence-corrected chi connectivity index (χ2v) is 4.98. The van der Waals surface area contributed by atoms with Gasteiger partial charge in [0.2, 0.25) is 0 Å². The van der Waals surface area contributed by atoms with Crippen molar-refractivity contribution in [2.75, 3.05) is 5.32 Å². The van der Waals surface area contributed by atoms with Crippen LogP contribution in [-0.4, -0.2) is 21.1 Å². The van der Waals surface area contributed by atoms with E-state index in [0.29, 0.717) is 22.6 Å². The molecule has 3 rings (SSSR count). The molecule has 0 aliphatic rings.